The minimum absolute atomic E-state index is 0.368. The molecule has 9 heteroatoms. The Bertz CT molecular complexity index is 665. The highest BCUT2D eigenvalue weighted by Gasteiger charge is 2.48. The fraction of sp³-hybridized carbons (Fsp3) is 0.100. The van der Waals surface area contributed by atoms with E-state index in [1.54, 1.807) is 30.3 Å². The van der Waals surface area contributed by atoms with Crippen LogP contribution >= 0.6 is 11.3 Å². The van der Waals surface area contributed by atoms with E-state index < -0.39 is 20.7 Å². The van der Waals surface area contributed by atoms with Gasteiger partial charge in [-0.3, -0.25) is 0 Å². The Kier molecular flexibility index (Phi) is 3.50. The third-order valence-electron chi connectivity index (χ3n) is 1.98. The topological polar surface area (TPSA) is 56.3 Å². The number of halogens is 3. The Labute approximate surface area is 110 Å². The van der Waals surface area contributed by atoms with Crippen molar-refractivity contribution in [3.8, 4) is 15.6 Å². The van der Waals surface area contributed by atoms with Gasteiger partial charge in [-0.2, -0.15) is 21.6 Å². The van der Waals surface area contributed by atoms with Crippen molar-refractivity contribution in [3.63, 3.8) is 0 Å². The Hall–Kier alpha value is -1.61. The van der Waals surface area contributed by atoms with Crippen LogP contribution in [0.1, 0.15) is 0 Å². The van der Waals surface area contributed by atoms with Crippen LogP contribution in [0.5, 0.6) is 5.06 Å². The Morgan fingerprint density at radius 3 is 2.37 bits per heavy atom. The van der Waals surface area contributed by atoms with Gasteiger partial charge in [0.25, 0.3) is 0 Å². The molecule has 0 bridgehead atoms. The molecular weight excluding hydrogens is 303 g/mol. The standard InChI is InChI=1S/C10H6F3NO3S2/c11-10(12,13)19(15,16)17-8-6-14-9(18-8)7-4-2-1-3-5-7/h1-6H. The molecule has 0 aliphatic heterocycles. The third kappa shape index (κ3) is 3.04. The van der Waals surface area contributed by atoms with Gasteiger partial charge in [0.2, 0.25) is 5.06 Å². The molecule has 0 saturated carbocycles. The summed E-state index contributed by atoms with van der Waals surface area (Å²) in [6.07, 6.45) is 0.941. The van der Waals surface area contributed by atoms with Crippen LogP contribution in [0, 0.1) is 0 Å². The number of benzene rings is 1. The summed E-state index contributed by atoms with van der Waals surface area (Å²) < 4.78 is 61.9. The summed E-state index contributed by atoms with van der Waals surface area (Å²) >= 11 is 0.716. The number of hydrogen-bond acceptors (Lipinski definition) is 5. The number of rotatable bonds is 3. The molecule has 0 aliphatic rings. The first-order valence-electron chi connectivity index (χ1n) is 4.81. The van der Waals surface area contributed by atoms with E-state index in [1.165, 1.54) is 0 Å². The summed E-state index contributed by atoms with van der Waals surface area (Å²) in [5, 5.41) is -0.0656. The quantitative estimate of drug-likeness (QED) is 0.646. The maximum absolute atomic E-state index is 12.1. The van der Waals surface area contributed by atoms with Crippen LogP contribution < -0.4 is 4.18 Å². The van der Waals surface area contributed by atoms with Crippen molar-refractivity contribution in [1.29, 1.82) is 0 Å². The third-order valence-corrected chi connectivity index (χ3v) is 3.98. The lowest BCUT2D eigenvalue weighted by Gasteiger charge is -2.06. The maximum Gasteiger partial charge on any atom is 0.534 e. The second-order valence-electron chi connectivity index (χ2n) is 3.33. The highest BCUT2D eigenvalue weighted by Crippen LogP contribution is 2.33. The van der Waals surface area contributed by atoms with E-state index in [0.717, 1.165) is 6.20 Å². The van der Waals surface area contributed by atoms with Crippen LogP contribution in [0.4, 0.5) is 13.2 Å². The van der Waals surface area contributed by atoms with E-state index in [9.17, 15) is 21.6 Å². The zero-order valence-electron chi connectivity index (χ0n) is 9.09. The van der Waals surface area contributed by atoms with Crippen molar-refractivity contribution in [2.45, 2.75) is 5.51 Å². The lowest BCUT2D eigenvalue weighted by Crippen LogP contribution is -2.27. The molecule has 1 aromatic carbocycles. The van der Waals surface area contributed by atoms with Crippen LogP contribution in [-0.4, -0.2) is 18.9 Å². The average molecular weight is 309 g/mol. The van der Waals surface area contributed by atoms with Gasteiger partial charge in [-0.15, -0.1) is 0 Å². The van der Waals surface area contributed by atoms with Crippen molar-refractivity contribution >= 4 is 21.5 Å². The van der Waals surface area contributed by atoms with Gasteiger partial charge in [0.05, 0.1) is 6.20 Å². The summed E-state index contributed by atoms with van der Waals surface area (Å²) in [5.74, 6) is 0. The predicted molar refractivity (Wildman–Crippen MR) is 63.2 cm³/mol. The second kappa shape index (κ2) is 4.82. The van der Waals surface area contributed by atoms with E-state index in [2.05, 4.69) is 9.17 Å². The Balaban J connectivity index is 2.24. The lowest BCUT2D eigenvalue weighted by atomic mass is 10.2. The molecule has 2 rings (SSSR count). The van der Waals surface area contributed by atoms with Crippen molar-refractivity contribution in [2.24, 2.45) is 0 Å². The molecule has 1 aromatic heterocycles. The minimum Gasteiger partial charge on any atom is -0.363 e. The van der Waals surface area contributed by atoms with Crippen LogP contribution in [0.25, 0.3) is 10.6 Å². The number of aromatic nitrogens is 1. The second-order valence-corrected chi connectivity index (χ2v) is 5.86. The predicted octanol–water partition coefficient (Wildman–Crippen LogP) is 3.04. The van der Waals surface area contributed by atoms with E-state index in [0.29, 0.717) is 21.9 Å². The van der Waals surface area contributed by atoms with Gasteiger partial charge in [0.1, 0.15) is 5.01 Å². The van der Waals surface area contributed by atoms with Crippen molar-refractivity contribution < 1.29 is 25.8 Å². The molecule has 0 amide bonds. The molecule has 0 saturated heterocycles. The van der Waals surface area contributed by atoms with Gasteiger partial charge in [-0.1, -0.05) is 41.7 Å². The van der Waals surface area contributed by atoms with E-state index >= 15 is 0 Å². The average Bonchev–Trinajstić information content (AvgIpc) is 2.76. The van der Waals surface area contributed by atoms with E-state index in [4.69, 9.17) is 0 Å². The van der Waals surface area contributed by atoms with Crippen molar-refractivity contribution in [3.05, 3.63) is 36.5 Å². The van der Waals surface area contributed by atoms with Gasteiger partial charge < -0.3 is 4.18 Å². The first-order chi connectivity index (χ1) is 8.79. The zero-order chi connectivity index (χ0) is 14.1. The van der Waals surface area contributed by atoms with E-state index in [-0.39, 0.29) is 0 Å². The largest absolute Gasteiger partial charge is 0.534 e. The number of hydrogen-bond donors (Lipinski definition) is 0. The molecule has 0 spiro atoms. The Morgan fingerprint density at radius 1 is 1.16 bits per heavy atom. The van der Waals surface area contributed by atoms with Crippen LogP contribution in [-0.2, 0) is 10.1 Å². The highest BCUT2D eigenvalue weighted by molar-refractivity contribution is 7.88. The van der Waals surface area contributed by atoms with E-state index in [1.807, 2.05) is 0 Å². The molecule has 4 nitrogen and oxygen atoms in total. The molecular formula is C10H6F3NO3S2. The van der Waals surface area contributed by atoms with Crippen molar-refractivity contribution in [1.82, 2.24) is 4.98 Å². The molecule has 1 heterocycles. The van der Waals surface area contributed by atoms with Gasteiger partial charge in [-0.05, 0) is 0 Å². The molecule has 0 unspecified atom stereocenters. The van der Waals surface area contributed by atoms with Gasteiger partial charge in [-0.25, -0.2) is 4.98 Å². The molecule has 0 radical (unpaired) electrons. The van der Waals surface area contributed by atoms with Crippen molar-refractivity contribution in [2.75, 3.05) is 0 Å². The smallest absolute Gasteiger partial charge is 0.363 e. The number of alkyl halides is 3. The Morgan fingerprint density at radius 2 is 1.79 bits per heavy atom. The lowest BCUT2D eigenvalue weighted by molar-refractivity contribution is -0.0498. The zero-order valence-corrected chi connectivity index (χ0v) is 10.7. The fourth-order valence-electron chi connectivity index (χ4n) is 1.17. The molecule has 0 fully saturated rings. The monoisotopic (exact) mass is 309 g/mol. The molecule has 0 atom stereocenters. The first-order valence-corrected chi connectivity index (χ1v) is 7.04. The number of nitrogens with zero attached hydrogens (tertiary/aromatic N) is 1. The van der Waals surface area contributed by atoms with Gasteiger partial charge in [0.15, 0.2) is 0 Å². The van der Waals surface area contributed by atoms with Crippen LogP contribution in [0.2, 0.25) is 0 Å². The summed E-state index contributed by atoms with van der Waals surface area (Å²) in [6, 6.07) is 8.61. The first kappa shape index (κ1) is 13.8. The van der Waals surface area contributed by atoms with Crippen LogP contribution in [0.15, 0.2) is 36.5 Å². The molecule has 0 N–H and O–H groups in total. The summed E-state index contributed by atoms with van der Waals surface area (Å²) in [6.45, 7) is 0. The minimum atomic E-state index is -5.65. The summed E-state index contributed by atoms with van der Waals surface area (Å²) in [4.78, 5) is 3.81. The fourth-order valence-corrected chi connectivity index (χ4v) is 2.58. The maximum atomic E-state index is 12.1. The van der Waals surface area contributed by atoms with Crippen LogP contribution in [0.3, 0.4) is 0 Å². The SMILES string of the molecule is O=S(=O)(Oc1cnc(-c2ccccc2)s1)C(F)(F)F. The van der Waals surface area contributed by atoms with Gasteiger partial charge >= 0.3 is 15.6 Å². The van der Waals surface area contributed by atoms with Gasteiger partial charge in [0, 0.05) is 5.56 Å². The summed E-state index contributed by atoms with van der Waals surface area (Å²) in [5.41, 5.74) is -4.80. The highest BCUT2D eigenvalue weighted by atomic mass is 32.2. The molecule has 0 aliphatic carbocycles. The molecule has 19 heavy (non-hydrogen) atoms. The molecule has 102 valence electrons. The number of thiazole rings is 1. The normalized spacial score (nSPS) is 12.4. The summed E-state index contributed by atoms with van der Waals surface area (Å²) in [7, 11) is -5.65. The molecule has 2 aromatic rings.